The quantitative estimate of drug-likeness (QED) is 0.781. The van der Waals surface area contributed by atoms with Crippen LogP contribution in [0.5, 0.6) is 5.75 Å². The van der Waals surface area contributed by atoms with Crippen molar-refractivity contribution in [1.82, 2.24) is 5.32 Å². The molecule has 0 saturated heterocycles. The zero-order valence-electron chi connectivity index (χ0n) is 11.4. The molecule has 112 valence electrons. The van der Waals surface area contributed by atoms with Crippen LogP contribution in [-0.4, -0.2) is 14.2 Å². The van der Waals surface area contributed by atoms with Gasteiger partial charge in [0.05, 0.1) is 17.6 Å². The van der Waals surface area contributed by atoms with Crippen molar-refractivity contribution in [3.05, 3.63) is 62.6 Å². The van der Waals surface area contributed by atoms with E-state index in [0.717, 1.165) is 12.1 Å². The highest BCUT2D eigenvalue weighted by Gasteiger charge is 2.21. The SMILES string of the molecule is CNC(c1cc(F)c(Br)cc1F)c1ccc(Cl)cc1OC. The van der Waals surface area contributed by atoms with E-state index >= 15 is 0 Å². The molecule has 0 spiro atoms. The average molecular weight is 377 g/mol. The summed E-state index contributed by atoms with van der Waals surface area (Å²) in [5.74, 6) is -0.538. The molecule has 0 radical (unpaired) electrons. The summed E-state index contributed by atoms with van der Waals surface area (Å²) in [5.41, 5.74) is 0.865. The normalized spacial score (nSPS) is 12.3. The van der Waals surface area contributed by atoms with Crippen molar-refractivity contribution >= 4 is 27.5 Å². The molecule has 1 unspecified atom stereocenters. The molecule has 6 heteroatoms. The lowest BCUT2D eigenvalue weighted by atomic mass is 9.97. The molecule has 0 bridgehead atoms. The lowest BCUT2D eigenvalue weighted by molar-refractivity contribution is 0.404. The summed E-state index contributed by atoms with van der Waals surface area (Å²) in [6.07, 6.45) is 0. The number of hydrogen-bond acceptors (Lipinski definition) is 2. The van der Waals surface area contributed by atoms with Gasteiger partial charge in [0.25, 0.3) is 0 Å². The second-order valence-corrected chi connectivity index (χ2v) is 5.69. The first-order chi connectivity index (χ1) is 9.97. The van der Waals surface area contributed by atoms with Crippen LogP contribution in [0.15, 0.2) is 34.8 Å². The van der Waals surface area contributed by atoms with Crippen LogP contribution in [0.4, 0.5) is 8.78 Å². The molecule has 0 aliphatic rings. The molecule has 2 aromatic carbocycles. The molecule has 0 aromatic heterocycles. The maximum absolute atomic E-state index is 14.2. The molecule has 0 fully saturated rings. The summed E-state index contributed by atoms with van der Waals surface area (Å²) in [6.45, 7) is 0. The van der Waals surface area contributed by atoms with E-state index in [-0.39, 0.29) is 10.0 Å². The summed E-state index contributed by atoms with van der Waals surface area (Å²) in [7, 11) is 3.17. The molecule has 21 heavy (non-hydrogen) atoms. The summed E-state index contributed by atoms with van der Waals surface area (Å²) in [5, 5.41) is 3.48. The monoisotopic (exact) mass is 375 g/mol. The van der Waals surface area contributed by atoms with Crippen molar-refractivity contribution in [3.8, 4) is 5.75 Å². The standard InChI is InChI=1S/C15H13BrClF2NO/c1-20-15(9-4-3-8(17)5-14(9)21-2)10-6-13(19)11(16)7-12(10)18/h3-7,15,20H,1-2H3. The Kier molecular flexibility index (Phi) is 5.19. The van der Waals surface area contributed by atoms with Crippen molar-refractivity contribution in [3.63, 3.8) is 0 Å². The number of benzene rings is 2. The van der Waals surface area contributed by atoms with E-state index < -0.39 is 17.7 Å². The number of nitrogens with one attached hydrogen (secondary N) is 1. The third-order valence-corrected chi connectivity index (χ3v) is 3.99. The lowest BCUT2D eigenvalue weighted by Crippen LogP contribution is -2.20. The molecule has 0 aliphatic heterocycles. The van der Waals surface area contributed by atoms with E-state index in [9.17, 15) is 8.78 Å². The first-order valence-corrected chi connectivity index (χ1v) is 7.30. The lowest BCUT2D eigenvalue weighted by Gasteiger charge is -2.21. The Hall–Kier alpha value is -1.17. The van der Waals surface area contributed by atoms with Crippen LogP contribution in [0.2, 0.25) is 5.02 Å². The van der Waals surface area contributed by atoms with Crippen molar-refractivity contribution in [1.29, 1.82) is 0 Å². The summed E-state index contributed by atoms with van der Waals surface area (Å²) >= 11 is 8.89. The van der Waals surface area contributed by atoms with Crippen LogP contribution in [0.1, 0.15) is 17.2 Å². The van der Waals surface area contributed by atoms with E-state index in [2.05, 4.69) is 21.2 Å². The second-order valence-electron chi connectivity index (χ2n) is 4.40. The van der Waals surface area contributed by atoms with E-state index in [1.165, 1.54) is 7.11 Å². The van der Waals surface area contributed by atoms with Crippen molar-refractivity contribution in [2.24, 2.45) is 0 Å². The Balaban J connectivity index is 2.57. The van der Waals surface area contributed by atoms with Gasteiger partial charge in [-0.05, 0) is 47.2 Å². The minimum Gasteiger partial charge on any atom is -0.496 e. The van der Waals surface area contributed by atoms with Gasteiger partial charge >= 0.3 is 0 Å². The first-order valence-electron chi connectivity index (χ1n) is 6.13. The van der Waals surface area contributed by atoms with Crippen molar-refractivity contribution in [2.45, 2.75) is 6.04 Å². The van der Waals surface area contributed by atoms with Gasteiger partial charge in [-0.1, -0.05) is 17.7 Å². The zero-order chi connectivity index (χ0) is 15.6. The fourth-order valence-corrected chi connectivity index (χ4v) is 2.64. The van der Waals surface area contributed by atoms with E-state index in [1.54, 1.807) is 25.2 Å². The Labute approximate surface area is 135 Å². The van der Waals surface area contributed by atoms with Crippen LogP contribution in [0.25, 0.3) is 0 Å². The van der Waals surface area contributed by atoms with Crippen LogP contribution in [0, 0.1) is 11.6 Å². The van der Waals surface area contributed by atoms with Gasteiger partial charge in [-0.2, -0.15) is 0 Å². The van der Waals surface area contributed by atoms with Gasteiger partial charge in [-0.15, -0.1) is 0 Å². The molecule has 0 saturated carbocycles. The van der Waals surface area contributed by atoms with Gasteiger partial charge in [-0.25, -0.2) is 8.78 Å². The molecular weight excluding hydrogens is 364 g/mol. The Morgan fingerprint density at radius 2 is 1.86 bits per heavy atom. The van der Waals surface area contributed by atoms with Crippen LogP contribution in [-0.2, 0) is 0 Å². The van der Waals surface area contributed by atoms with Crippen LogP contribution < -0.4 is 10.1 Å². The number of rotatable bonds is 4. The molecule has 0 amide bonds. The van der Waals surface area contributed by atoms with Gasteiger partial charge in [-0.3, -0.25) is 0 Å². The number of halogens is 4. The summed E-state index contributed by atoms with van der Waals surface area (Å²) in [4.78, 5) is 0. The van der Waals surface area contributed by atoms with Gasteiger partial charge < -0.3 is 10.1 Å². The van der Waals surface area contributed by atoms with Gasteiger partial charge in [0, 0.05) is 16.1 Å². The summed E-state index contributed by atoms with van der Waals surface area (Å²) in [6, 6.07) is 6.75. The Morgan fingerprint density at radius 1 is 1.14 bits per heavy atom. The van der Waals surface area contributed by atoms with E-state index in [1.807, 2.05) is 0 Å². The van der Waals surface area contributed by atoms with Gasteiger partial charge in [0.2, 0.25) is 0 Å². The largest absolute Gasteiger partial charge is 0.496 e. The fraction of sp³-hybridized carbons (Fsp3) is 0.200. The third kappa shape index (κ3) is 3.36. The first kappa shape index (κ1) is 16.2. The van der Waals surface area contributed by atoms with Crippen LogP contribution in [0.3, 0.4) is 0 Å². The van der Waals surface area contributed by atoms with Gasteiger partial charge in [0.1, 0.15) is 17.4 Å². The minimum absolute atomic E-state index is 0.0849. The molecule has 2 aromatic rings. The smallest absolute Gasteiger partial charge is 0.137 e. The second kappa shape index (κ2) is 6.73. The van der Waals surface area contributed by atoms with Crippen molar-refractivity contribution in [2.75, 3.05) is 14.2 Å². The maximum Gasteiger partial charge on any atom is 0.137 e. The van der Waals surface area contributed by atoms with Crippen LogP contribution >= 0.6 is 27.5 Å². The number of hydrogen-bond donors (Lipinski definition) is 1. The summed E-state index contributed by atoms with van der Waals surface area (Å²) < 4.78 is 33.2. The maximum atomic E-state index is 14.2. The highest BCUT2D eigenvalue weighted by Crippen LogP contribution is 2.34. The Morgan fingerprint density at radius 3 is 2.48 bits per heavy atom. The molecule has 0 aliphatic carbocycles. The highest BCUT2D eigenvalue weighted by atomic mass is 79.9. The van der Waals surface area contributed by atoms with E-state index in [0.29, 0.717) is 16.3 Å². The third-order valence-electron chi connectivity index (χ3n) is 3.15. The number of ether oxygens (including phenoxy) is 1. The molecule has 1 atom stereocenters. The fourth-order valence-electron chi connectivity index (χ4n) is 2.16. The topological polar surface area (TPSA) is 21.3 Å². The molecule has 0 heterocycles. The Bertz CT molecular complexity index is 666. The predicted octanol–water partition coefficient (Wildman–Crippen LogP) is 4.70. The average Bonchev–Trinajstić information content (AvgIpc) is 2.46. The molecule has 1 N–H and O–H groups in total. The zero-order valence-corrected chi connectivity index (χ0v) is 13.7. The number of methoxy groups -OCH3 is 1. The molecule has 2 rings (SSSR count). The van der Waals surface area contributed by atoms with Crippen molar-refractivity contribution < 1.29 is 13.5 Å². The molecule has 2 nitrogen and oxygen atoms in total. The molecular formula is C15H13BrClF2NO. The van der Waals surface area contributed by atoms with E-state index in [4.69, 9.17) is 16.3 Å². The predicted molar refractivity (Wildman–Crippen MR) is 83.0 cm³/mol. The highest BCUT2D eigenvalue weighted by molar-refractivity contribution is 9.10. The minimum atomic E-state index is -0.556. The van der Waals surface area contributed by atoms with Gasteiger partial charge in [0.15, 0.2) is 0 Å².